The molecule has 2 aliphatic heterocycles. The first-order valence-corrected chi connectivity index (χ1v) is 11.2. The van der Waals surface area contributed by atoms with Crippen LogP contribution in [0.5, 0.6) is 5.75 Å². The number of anilines is 1. The molecule has 1 fully saturated rings. The van der Waals surface area contributed by atoms with Crippen molar-refractivity contribution in [2.24, 2.45) is 0 Å². The molecule has 0 atom stereocenters. The van der Waals surface area contributed by atoms with E-state index in [2.05, 4.69) is 10.2 Å². The third kappa shape index (κ3) is 4.44. The lowest BCUT2D eigenvalue weighted by molar-refractivity contribution is -0.115. The first-order valence-electron chi connectivity index (χ1n) is 9.75. The second kappa shape index (κ2) is 8.14. The molecular formula is C21H25N3O4S. The molecule has 1 saturated heterocycles. The molecule has 0 spiro atoms. The summed E-state index contributed by atoms with van der Waals surface area (Å²) in [6.07, 6.45) is 1.13. The van der Waals surface area contributed by atoms with Crippen molar-refractivity contribution in [3.05, 3.63) is 53.6 Å². The Morgan fingerprint density at radius 3 is 2.52 bits per heavy atom. The van der Waals surface area contributed by atoms with Gasteiger partial charge in [0.25, 0.3) is 0 Å². The largest absolute Gasteiger partial charge is 0.493 e. The average Bonchev–Trinajstić information content (AvgIpc) is 3.16. The zero-order valence-corrected chi connectivity index (χ0v) is 17.2. The highest BCUT2D eigenvalue weighted by atomic mass is 32.2. The van der Waals surface area contributed by atoms with Crippen LogP contribution in [0.25, 0.3) is 0 Å². The van der Waals surface area contributed by atoms with E-state index in [1.165, 1.54) is 4.31 Å². The van der Waals surface area contributed by atoms with Crippen LogP contribution in [0.4, 0.5) is 5.69 Å². The van der Waals surface area contributed by atoms with Crippen LogP contribution in [0.3, 0.4) is 0 Å². The normalized spacial score (nSPS) is 17.6. The summed E-state index contributed by atoms with van der Waals surface area (Å²) in [6.45, 7) is 3.12. The third-order valence-corrected chi connectivity index (χ3v) is 7.27. The summed E-state index contributed by atoms with van der Waals surface area (Å²) in [5.74, 6) is 0.754. The van der Waals surface area contributed by atoms with Crippen LogP contribution in [0.1, 0.15) is 11.1 Å². The molecule has 2 aromatic carbocycles. The lowest BCUT2D eigenvalue weighted by Gasteiger charge is -2.31. The number of piperazine rings is 1. The van der Waals surface area contributed by atoms with Crippen LogP contribution in [-0.2, 0) is 27.7 Å². The monoisotopic (exact) mass is 415 g/mol. The van der Waals surface area contributed by atoms with Gasteiger partial charge in [-0.1, -0.05) is 12.1 Å². The molecule has 2 aliphatic rings. The molecule has 29 heavy (non-hydrogen) atoms. The number of hydrogen-bond acceptors (Lipinski definition) is 5. The van der Waals surface area contributed by atoms with Crippen molar-refractivity contribution < 1.29 is 17.9 Å². The molecule has 4 rings (SSSR count). The Hall–Kier alpha value is -2.42. The summed E-state index contributed by atoms with van der Waals surface area (Å²) >= 11 is 0. The number of likely N-dealkylation sites (N-methyl/N-ethyl adjacent to an activating group) is 1. The summed E-state index contributed by atoms with van der Waals surface area (Å²) in [7, 11) is -1.52. The van der Waals surface area contributed by atoms with Gasteiger partial charge in [0.05, 0.1) is 17.9 Å². The maximum absolute atomic E-state index is 12.8. The Morgan fingerprint density at radius 2 is 1.79 bits per heavy atom. The lowest BCUT2D eigenvalue weighted by atomic mass is 10.1. The van der Waals surface area contributed by atoms with Crippen LogP contribution in [0.15, 0.2) is 47.4 Å². The minimum Gasteiger partial charge on any atom is -0.493 e. The molecule has 0 aromatic heterocycles. The quantitative estimate of drug-likeness (QED) is 0.805. The van der Waals surface area contributed by atoms with Gasteiger partial charge < -0.3 is 15.0 Å². The SMILES string of the molecule is CN1CCN(S(=O)(=O)c2ccc(NC(=O)Cc3ccc4c(c3)CCO4)cc2)CC1. The molecule has 0 aliphatic carbocycles. The van der Waals surface area contributed by atoms with Crippen LogP contribution in [0, 0.1) is 0 Å². The average molecular weight is 416 g/mol. The number of rotatable bonds is 5. The topological polar surface area (TPSA) is 79.0 Å². The number of benzene rings is 2. The van der Waals surface area contributed by atoms with Gasteiger partial charge in [0, 0.05) is 38.3 Å². The summed E-state index contributed by atoms with van der Waals surface area (Å²) < 4.78 is 32.5. The molecule has 1 amide bonds. The molecule has 2 aromatic rings. The Balaban J connectivity index is 1.38. The van der Waals surface area contributed by atoms with Crippen molar-refractivity contribution in [2.45, 2.75) is 17.7 Å². The molecule has 8 heteroatoms. The number of nitrogens with one attached hydrogen (secondary N) is 1. The number of amides is 1. The summed E-state index contributed by atoms with van der Waals surface area (Å²) in [5.41, 5.74) is 2.65. The number of carbonyl (C=O) groups excluding carboxylic acids is 1. The zero-order chi connectivity index (χ0) is 20.4. The molecular weight excluding hydrogens is 390 g/mol. The molecule has 0 saturated carbocycles. The van der Waals surface area contributed by atoms with Gasteiger partial charge in [-0.3, -0.25) is 4.79 Å². The maximum atomic E-state index is 12.8. The number of carbonyl (C=O) groups is 1. The van der Waals surface area contributed by atoms with Crippen LogP contribution in [0.2, 0.25) is 0 Å². The van der Waals surface area contributed by atoms with Gasteiger partial charge in [-0.05, 0) is 48.5 Å². The van der Waals surface area contributed by atoms with Gasteiger partial charge in [-0.25, -0.2) is 8.42 Å². The predicted octanol–water partition coefficient (Wildman–Crippen LogP) is 1.74. The first kappa shape index (κ1) is 19.9. The second-order valence-corrected chi connectivity index (χ2v) is 9.44. The number of sulfonamides is 1. The molecule has 0 unspecified atom stereocenters. The zero-order valence-electron chi connectivity index (χ0n) is 16.4. The minimum absolute atomic E-state index is 0.140. The van der Waals surface area contributed by atoms with E-state index in [0.717, 1.165) is 36.4 Å². The fraction of sp³-hybridized carbons (Fsp3) is 0.381. The Bertz CT molecular complexity index is 997. The van der Waals surface area contributed by atoms with E-state index in [9.17, 15) is 13.2 Å². The van der Waals surface area contributed by atoms with E-state index in [1.807, 2.05) is 25.2 Å². The number of nitrogens with zero attached hydrogens (tertiary/aromatic N) is 2. The highest BCUT2D eigenvalue weighted by Crippen LogP contribution is 2.26. The summed E-state index contributed by atoms with van der Waals surface area (Å²) in [5, 5.41) is 2.84. The van der Waals surface area contributed by atoms with Crippen LogP contribution in [-0.4, -0.2) is 63.4 Å². The standard InChI is InChI=1S/C21H25N3O4S/c1-23-9-11-24(12-10-23)29(26,27)19-5-3-18(4-6-19)22-21(25)15-16-2-7-20-17(14-16)8-13-28-20/h2-7,14H,8-13,15H2,1H3,(H,22,25). The maximum Gasteiger partial charge on any atom is 0.243 e. The van der Waals surface area contributed by atoms with Gasteiger partial charge in [-0.2, -0.15) is 4.31 Å². The summed E-state index contributed by atoms with van der Waals surface area (Å²) in [4.78, 5) is 14.7. The van der Waals surface area contributed by atoms with Gasteiger partial charge in [0.1, 0.15) is 5.75 Å². The van der Waals surface area contributed by atoms with Crippen molar-refractivity contribution in [3.8, 4) is 5.75 Å². The molecule has 7 nitrogen and oxygen atoms in total. The van der Waals surface area contributed by atoms with E-state index in [0.29, 0.717) is 25.4 Å². The van der Waals surface area contributed by atoms with Gasteiger partial charge in [-0.15, -0.1) is 0 Å². The first-order chi connectivity index (χ1) is 13.9. The Kier molecular flexibility index (Phi) is 5.58. The van der Waals surface area contributed by atoms with Crippen molar-refractivity contribution in [1.29, 1.82) is 0 Å². The highest BCUT2D eigenvalue weighted by Gasteiger charge is 2.27. The second-order valence-electron chi connectivity index (χ2n) is 7.50. The number of hydrogen-bond donors (Lipinski definition) is 1. The molecule has 0 radical (unpaired) electrons. The minimum atomic E-state index is -3.50. The predicted molar refractivity (Wildman–Crippen MR) is 111 cm³/mol. The molecule has 0 bridgehead atoms. The van der Waals surface area contributed by atoms with Crippen molar-refractivity contribution in [3.63, 3.8) is 0 Å². The van der Waals surface area contributed by atoms with Crippen LogP contribution < -0.4 is 10.1 Å². The lowest BCUT2D eigenvalue weighted by Crippen LogP contribution is -2.46. The van der Waals surface area contributed by atoms with E-state index >= 15 is 0 Å². The van der Waals surface area contributed by atoms with Crippen molar-refractivity contribution in [2.75, 3.05) is 45.2 Å². The number of ether oxygens (including phenoxy) is 1. The van der Waals surface area contributed by atoms with E-state index in [1.54, 1.807) is 24.3 Å². The fourth-order valence-corrected chi connectivity index (χ4v) is 5.05. The van der Waals surface area contributed by atoms with Crippen molar-refractivity contribution in [1.82, 2.24) is 9.21 Å². The molecule has 2 heterocycles. The van der Waals surface area contributed by atoms with Gasteiger partial charge in [0.15, 0.2) is 0 Å². The van der Waals surface area contributed by atoms with Crippen molar-refractivity contribution >= 4 is 21.6 Å². The number of fused-ring (bicyclic) bond motifs is 1. The highest BCUT2D eigenvalue weighted by molar-refractivity contribution is 7.89. The molecule has 154 valence electrons. The fourth-order valence-electron chi connectivity index (χ4n) is 3.63. The van der Waals surface area contributed by atoms with E-state index in [-0.39, 0.29) is 17.2 Å². The van der Waals surface area contributed by atoms with Gasteiger partial charge >= 0.3 is 0 Å². The van der Waals surface area contributed by atoms with Crippen LogP contribution >= 0.6 is 0 Å². The Labute approximate surface area is 171 Å². The van der Waals surface area contributed by atoms with Gasteiger partial charge in [0.2, 0.25) is 15.9 Å². The van der Waals surface area contributed by atoms with E-state index in [4.69, 9.17) is 4.74 Å². The third-order valence-electron chi connectivity index (χ3n) is 5.36. The smallest absolute Gasteiger partial charge is 0.243 e. The molecule has 1 N–H and O–H groups in total. The summed E-state index contributed by atoms with van der Waals surface area (Å²) in [6, 6.07) is 12.2. The van der Waals surface area contributed by atoms with E-state index < -0.39 is 10.0 Å². The Morgan fingerprint density at radius 1 is 1.07 bits per heavy atom.